The van der Waals surface area contributed by atoms with Crippen LogP contribution in [0.2, 0.25) is 0 Å². The molecule has 0 aromatic carbocycles. The minimum absolute atomic E-state index is 0.315. The first kappa shape index (κ1) is 6.91. The summed E-state index contributed by atoms with van der Waals surface area (Å²) in [5.41, 5.74) is 1.04. The zero-order valence-corrected chi connectivity index (χ0v) is 6.19. The van der Waals surface area contributed by atoms with Crippen LogP contribution in [0.25, 0.3) is 10.9 Å². The standard InChI is InChI=1S/C9H5N2O/c12-6-8-2-1-7-3-4-10-5-9(7)11-8/h1-5H. The van der Waals surface area contributed by atoms with Gasteiger partial charge in [-0.15, -0.1) is 0 Å². The van der Waals surface area contributed by atoms with E-state index in [4.69, 9.17) is 0 Å². The molecule has 3 nitrogen and oxygen atoms in total. The van der Waals surface area contributed by atoms with Gasteiger partial charge in [0.15, 0.2) is 0 Å². The van der Waals surface area contributed by atoms with E-state index >= 15 is 0 Å². The third kappa shape index (κ3) is 1.05. The van der Waals surface area contributed by atoms with Crippen molar-refractivity contribution < 1.29 is 4.79 Å². The Morgan fingerprint density at radius 3 is 3.00 bits per heavy atom. The van der Waals surface area contributed by atoms with E-state index in [9.17, 15) is 4.79 Å². The van der Waals surface area contributed by atoms with Crippen molar-refractivity contribution in [1.29, 1.82) is 0 Å². The zero-order valence-electron chi connectivity index (χ0n) is 6.19. The first-order valence-electron chi connectivity index (χ1n) is 3.49. The van der Waals surface area contributed by atoms with Crippen molar-refractivity contribution in [3.8, 4) is 0 Å². The maximum Gasteiger partial charge on any atom is 0.253 e. The maximum atomic E-state index is 10.2. The maximum absolute atomic E-state index is 10.2. The van der Waals surface area contributed by atoms with E-state index in [2.05, 4.69) is 9.97 Å². The Hall–Kier alpha value is -1.77. The highest BCUT2D eigenvalue weighted by Crippen LogP contribution is 2.08. The first-order valence-corrected chi connectivity index (χ1v) is 3.49. The van der Waals surface area contributed by atoms with Gasteiger partial charge in [0.2, 0.25) is 0 Å². The lowest BCUT2D eigenvalue weighted by Crippen LogP contribution is -1.87. The molecule has 0 amide bonds. The van der Waals surface area contributed by atoms with Gasteiger partial charge in [-0.25, -0.2) is 4.98 Å². The van der Waals surface area contributed by atoms with Gasteiger partial charge in [0.05, 0.1) is 11.7 Å². The fraction of sp³-hybridized carbons (Fsp3) is 0. The molecule has 12 heavy (non-hydrogen) atoms. The fourth-order valence-electron chi connectivity index (χ4n) is 1.02. The minimum atomic E-state index is 0.315. The van der Waals surface area contributed by atoms with E-state index in [-0.39, 0.29) is 0 Å². The van der Waals surface area contributed by atoms with Crippen molar-refractivity contribution in [2.75, 3.05) is 0 Å². The molecule has 2 aromatic heterocycles. The minimum Gasteiger partial charge on any atom is -0.283 e. The Bertz CT molecular complexity index is 426. The van der Waals surface area contributed by atoms with Gasteiger partial charge in [-0.2, -0.15) is 0 Å². The predicted octanol–water partition coefficient (Wildman–Crippen LogP) is 1.09. The lowest BCUT2D eigenvalue weighted by molar-refractivity contribution is 0.561. The molecule has 2 aromatic rings. The van der Waals surface area contributed by atoms with Gasteiger partial charge in [-0.1, -0.05) is 6.07 Å². The third-order valence-electron chi connectivity index (χ3n) is 1.60. The first-order chi connectivity index (χ1) is 5.90. The van der Waals surface area contributed by atoms with E-state index in [0.29, 0.717) is 5.69 Å². The van der Waals surface area contributed by atoms with Crippen LogP contribution < -0.4 is 0 Å². The largest absolute Gasteiger partial charge is 0.283 e. The van der Waals surface area contributed by atoms with Crippen LogP contribution >= 0.6 is 0 Å². The molecule has 0 fully saturated rings. The summed E-state index contributed by atoms with van der Waals surface area (Å²) < 4.78 is 0. The molecule has 0 bridgehead atoms. The van der Waals surface area contributed by atoms with Crippen LogP contribution in [-0.2, 0) is 4.79 Å². The topological polar surface area (TPSA) is 42.9 Å². The highest BCUT2D eigenvalue weighted by atomic mass is 16.1. The van der Waals surface area contributed by atoms with Crippen LogP contribution in [0.4, 0.5) is 0 Å². The predicted molar refractivity (Wildman–Crippen MR) is 44.3 cm³/mol. The second-order valence-electron chi connectivity index (χ2n) is 2.37. The number of carbonyl (C=O) groups excluding carboxylic acids is 1. The summed E-state index contributed by atoms with van der Waals surface area (Å²) in [6.45, 7) is 0. The van der Waals surface area contributed by atoms with Crippen molar-refractivity contribution in [2.45, 2.75) is 0 Å². The molecule has 1 radical (unpaired) electrons. The summed E-state index contributed by atoms with van der Waals surface area (Å²) >= 11 is 0. The number of pyridine rings is 2. The molecule has 0 unspecified atom stereocenters. The van der Waals surface area contributed by atoms with E-state index in [1.807, 2.05) is 12.1 Å². The van der Waals surface area contributed by atoms with Crippen molar-refractivity contribution in [3.63, 3.8) is 0 Å². The second kappa shape index (κ2) is 2.70. The third-order valence-corrected chi connectivity index (χ3v) is 1.60. The molecule has 57 valence electrons. The Kier molecular flexibility index (Phi) is 1.55. The fourth-order valence-corrected chi connectivity index (χ4v) is 1.02. The molecule has 0 saturated carbocycles. The number of rotatable bonds is 1. The smallest absolute Gasteiger partial charge is 0.253 e. The Balaban J connectivity index is 2.75. The van der Waals surface area contributed by atoms with Gasteiger partial charge in [-0.3, -0.25) is 9.78 Å². The number of fused-ring (bicyclic) bond motifs is 1. The molecule has 0 spiro atoms. The van der Waals surface area contributed by atoms with E-state index in [1.54, 1.807) is 24.7 Å². The summed E-state index contributed by atoms with van der Waals surface area (Å²) in [4.78, 5) is 18.1. The molecule has 0 N–H and O–H groups in total. The molecule has 0 aliphatic rings. The molecular weight excluding hydrogens is 152 g/mol. The lowest BCUT2D eigenvalue weighted by Gasteiger charge is -1.94. The highest BCUT2D eigenvalue weighted by molar-refractivity contribution is 5.82. The molecule has 0 saturated heterocycles. The van der Waals surface area contributed by atoms with Crippen LogP contribution in [-0.4, -0.2) is 16.3 Å². The average Bonchev–Trinajstić information content (AvgIpc) is 2.17. The van der Waals surface area contributed by atoms with Crippen molar-refractivity contribution >= 4 is 17.2 Å². The van der Waals surface area contributed by atoms with Gasteiger partial charge in [0.1, 0.15) is 5.69 Å². The van der Waals surface area contributed by atoms with Gasteiger partial charge in [0.25, 0.3) is 6.29 Å². The molecular formula is C9H5N2O. The van der Waals surface area contributed by atoms with Crippen molar-refractivity contribution in [1.82, 2.24) is 9.97 Å². The van der Waals surface area contributed by atoms with Gasteiger partial charge in [-0.05, 0) is 12.1 Å². The van der Waals surface area contributed by atoms with E-state index in [0.717, 1.165) is 10.9 Å². The summed E-state index contributed by atoms with van der Waals surface area (Å²) in [5, 5.41) is 0.976. The normalized spacial score (nSPS) is 10.0. The number of nitrogens with zero attached hydrogens (tertiary/aromatic N) is 2. The van der Waals surface area contributed by atoms with Crippen LogP contribution in [0.3, 0.4) is 0 Å². The number of hydrogen-bond donors (Lipinski definition) is 0. The highest BCUT2D eigenvalue weighted by Gasteiger charge is 1.95. The molecule has 3 heteroatoms. The van der Waals surface area contributed by atoms with Crippen LogP contribution in [0.15, 0.2) is 30.6 Å². The Morgan fingerprint density at radius 2 is 2.17 bits per heavy atom. The zero-order chi connectivity index (χ0) is 8.39. The Morgan fingerprint density at radius 1 is 1.25 bits per heavy atom. The van der Waals surface area contributed by atoms with E-state index < -0.39 is 0 Å². The number of aromatic nitrogens is 2. The molecule has 2 heterocycles. The molecule has 0 aliphatic carbocycles. The summed E-state index contributed by atoms with van der Waals surface area (Å²) in [5.74, 6) is 0. The SMILES string of the molecule is O=[C]c1ccc2ccncc2n1. The van der Waals surface area contributed by atoms with Gasteiger partial charge in [0, 0.05) is 11.6 Å². The van der Waals surface area contributed by atoms with Gasteiger partial charge < -0.3 is 0 Å². The van der Waals surface area contributed by atoms with Crippen molar-refractivity contribution in [2.24, 2.45) is 0 Å². The summed E-state index contributed by atoms with van der Waals surface area (Å²) in [7, 11) is 0. The van der Waals surface area contributed by atoms with Crippen LogP contribution in [0.5, 0.6) is 0 Å². The van der Waals surface area contributed by atoms with E-state index in [1.165, 1.54) is 0 Å². The monoisotopic (exact) mass is 157 g/mol. The molecule has 0 aliphatic heterocycles. The Labute approximate surface area is 69.1 Å². The van der Waals surface area contributed by atoms with Gasteiger partial charge >= 0.3 is 0 Å². The lowest BCUT2D eigenvalue weighted by atomic mass is 10.2. The van der Waals surface area contributed by atoms with Crippen LogP contribution in [0.1, 0.15) is 5.69 Å². The molecule has 0 atom stereocenters. The molecule has 2 rings (SSSR count). The quantitative estimate of drug-likeness (QED) is 0.622. The van der Waals surface area contributed by atoms with Crippen LogP contribution in [0, 0.1) is 0 Å². The second-order valence-corrected chi connectivity index (χ2v) is 2.37. The van der Waals surface area contributed by atoms with Crippen molar-refractivity contribution in [3.05, 3.63) is 36.3 Å². The summed E-state index contributed by atoms with van der Waals surface area (Å²) in [6.07, 6.45) is 5.04. The number of hydrogen-bond acceptors (Lipinski definition) is 3. The summed E-state index contributed by atoms with van der Waals surface area (Å²) in [6, 6.07) is 5.30. The average molecular weight is 157 g/mol.